The van der Waals surface area contributed by atoms with E-state index < -0.39 is 0 Å². The molecular weight excluding hydrogens is 590 g/mol. The number of benzene rings is 4. The van der Waals surface area contributed by atoms with Crippen molar-refractivity contribution in [3.8, 4) is 0 Å². The molecule has 0 amide bonds. The summed E-state index contributed by atoms with van der Waals surface area (Å²) in [5.74, 6) is 0.934. The Morgan fingerprint density at radius 2 is 0.976 bits per heavy atom. The van der Waals surface area contributed by atoms with Gasteiger partial charge >= 0.3 is 26.2 Å². The maximum atomic E-state index is 4.82. The van der Waals surface area contributed by atoms with Crippen molar-refractivity contribution in [2.45, 2.75) is 46.1 Å². The zero-order valence-corrected chi connectivity index (χ0v) is 27.9. The summed E-state index contributed by atoms with van der Waals surface area (Å²) in [6.45, 7) is 20.6. The number of para-hydroxylation sites is 1. The normalized spacial score (nSPS) is 9.57. The number of aromatic nitrogens is 2. The van der Waals surface area contributed by atoms with Gasteiger partial charge in [-0.15, -0.1) is 42.1 Å². The van der Waals surface area contributed by atoms with E-state index in [4.69, 9.17) is 5.32 Å². The second-order valence-corrected chi connectivity index (χ2v) is 10.1. The van der Waals surface area contributed by atoms with Gasteiger partial charge in [-0.3, -0.25) is 9.97 Å². The minimum atomic E-state index is 0. The third kappa shape index (κ3) is 14.8. The molecule has 5 rings (SSSR count). The fourth-order valence-corrected chi connectivity index (χ4v) is 3.70. The van der Waals surface area contributed by atoms with E-state index >= 15 is 0 Å². The molecule has 42 heavy (non-hydrogen) atoms. The first-order valence-corrected chi connectivity index (χ1v) is 13.9. The summed E-state index contributed by atoms with van der Waals surface area (Å²) in [6.07, 6.45) is 5.17. The van der Waals surface area contributed by atoms with E-state index in [-0.39, 0.29) is 26.2 Å². The average molecular weight is 633 g/mol. The van der Waals surface area contributed by atoms with Crippen LogP contribution in [-0.2, 0) is 32.7 Å². The van der Waals surface area contributed by atoms with Gasteiger partial charge < -0.3 is 5.32 Å². The summed E-state index contributed by atoms with van der Waals surface area (Å²) in [7, 11) is 0. The summed E-state index contributed by atoms with van der Waals surface area (Å²) in [5, 5.41) is 4.82. The van der Waals surface area contributed by atoms with Crippen molar-refractivity contribution in [1.82, 2.24) is 9.97 Å². The van der Waals surface area contributed by atoms with Crippen LogP contribution in [0.4, 0.5) is 5.69 Å². The topological polar surface area (TPSA) is 39.9 Å². The van der Waals surface area contributed by atoms with Gasteiger partial charge in [0, 0.05) is 24.3 Å². The second kappa shape index (κ2) is 21.0. The monoisotopic (exact) mass is 631 g/mol. The molecule has 0 atom stereocenters. The smallest absolute Gasteiger partial charge is 0.679 e. The molecule has 0 aliphatic carbocycles. The average Bonchev–Trinajstić information content (AvgIpc) is 2.98. The van der Waals surface area contributed by atoms with Gasteiger partial charge in [-0.1, -0.05) is 81.8 Å². The maximum absolute atomic E-state index is 4.82. The van der Waals surface area contributed by atoms with Crippen LogP contribution in [0.2, 0.25) is 0 Å². The van der Waals surface area contributed by atoms with Crippen molar-refractivity contribution in [1.29, 1.82) is 0 Å². The Morgan fingerprint density at radius 1 is 0.571 bits per heavy atom. The van der Waals surface area contributed by atoms with Crippen LogP contribution in [-0.4, -0.2) is 9.97 Å². The molecule has 1 aromatic heterocycles. The Kier molecular flexibility index (Phi) is 18.2. The third-order valence-electron chi connectivity index (χ3n) is 5.89. The SMILES string of the molecule is CC(C)c1cccc(C(C)C)c1[N-]Cc1cnccn1.[CH2-]c1ccccc1.[CH2-]c1ccccc1.[CH2-]c1ccccc1.[Zr+4]. The van der Waals surface area contributed by atoms with Crippen molar-refractivity contribution >= 4 is 5.69 Å². The molecule has 0 N–H and O–H groups in total. The van der Waals surface area contributed by atoms with E-state index in [0.29, 0.717) is 18.4 Å². The summed E-state index contributed by atoms with van der Waals surface area (Å²) in [4.78, 5) is 8.38. The van der Waals surface area contributed by atoms with E-state index in [9.17, 15) is 0 Å². The van der Waals surface area contributed by atoms with Crippen LogP contribution in [0.15, 0.2) is 128 Å². The van der Waals surface area contributed by atoms with Crippen molar-refractivity contribution in [3.63, 3.8) is 0 Å². The Balaban J connectivity index is 0.000000326. The summed E-state index contributed by atoms with van der Waals surface area (Å²) in [5.41, 5.74) is 7.86. The zero-order valence-electron chi connectivity index (χ0n) is 25.4. The molecule has 0 unspecified atom stereocenters. The van der Waals surface area contributed by atoms with Gasteiger partial charge in [-0.05, 0) is 11.8 Å². The Hall–Kier alpha value is -3.75. The van der Waals surface area contributed by atoms with Crippen molar-refractivity contribution in [2.75, 3.05) is 0 Å². The van der Waals surface area contributed by atoms with Crippen LogP contribution < -0.4 is 0 Å². The molecular formula is C38H43N3Zr. The first-order chi connectivity index (χ1) is 19.8. The van der Waals surface area contributed by atoms with E-state index in [2.05, 4.69) is 76.6 Å². The molecule has 3 nitrogen and oxygen atoms in total. The van der Waals surface area contributed by atoms with E-state index in [0.717, 1.165) is 28.1 Å². The minimum absolute atomic E-state index is 0. The van der Waals surface area contributed by atoms with Crippen molar-refractivity contribution in [2.24, 2.45) is 0 Å². The van der Waals surface area contributed by atoms with Crippen LogP contribution in [0, 0.1) is 20.8 Å². The van der Waals surface area contributed by atoms with Crippen LogP contribution >= 0.6 is 0 Å². The van der Waals surface area contributed by atoms with Gasteiger partial charge in [0.05, 0.1) is 0 Å². The largest absolute Gasteiger partial charge is 4.00 e. The van der Waals surface area contributed by atoms with Gasteiger partial charge in [0.25, 0.3) is 0 Å². The van der Waals surface area contributed by atoms with Crippen LogP contribution in [0.1, 0.15) is 73.0 Å². The van der Waals surface area contributed by atoms with Gasteiger partial charge in [0.15, 0.2) is 0 Å². The zero-order chi connectivity index (χ0) is 29.9. The van der Waals surface area contributed by atoms with Gasteiger partial charge in [0.1, 0.15) is 0 Å². The van der Waals surface area contributed by atoms with Crippen molar-refractivity contribution in [3.05, 3.63) is 187 Å². The summed E-state index contributed by atoms with van der Waals surface area (Å²) < 4.78 is 0. The number of hydrogen-bond donors (Lipinski definition) is 0. The molecule has 1 heterocycles. The predicted molar refractivity (Wildman–Crippen MR) is 176 cm³/mol. The fourth-order valence-electron chi connectivity index (χ4n) is 3.70. The van der Waals surface area contributed by atoms with Crippen LogP contribution in [0.3, 0.4) is 0 Å². The second-order valence-electron chi connectivity index (χ2n) is 10.1. The molecule has 0 aliphatic rings. The summed E-state index contributed by atoms with van der Waals surface area (Å²) in [6, 6.07) is 36.1. The Morgan fingerprint density at radius 3 is 1.26 bits per heavy atom. The Labute approximate surface area is 274 Å². The minimum Gasteiger partial charge on any atom is -0.679 e. The van der Waals surface area contributed by atoms with E-state index in [1.807, 2.05) is 91.0 Å². The molecule has 0 spiro atoms. The first-order valence-electron chi connectivity index (χ1n) is 13.9. The fraction of sp³-hybridized carbons (Fsp3) is 0.184. The van der Waals surface area contributed by atoms with E-state index in [1.165, 1.54) is 11.1 Å². The molecule has 0 radical (unpaired) electrons. The maximum Gasteiger partial charge on any atom is 4.00 e. The third-order valence-corrected chi connectivity index (χ3v) is 5.89. The predicted octanol–water partition coefficient (Wildman–Crippen LogP) is 10.5. The molecule has 4 heteroatoms. The molecule has 214 valence electrons. The molecule has 0 bridgehead atoms. The molecule has 5 aromatic rings. The number of rotatable bonds is 5. The van der Waals surface area contributed by atoms with Crippen LogP contribution in [0.25, 0.3) is 5.32 Å². The molecule has 0 saturated carbocycles. The van der Waals surface area contributed by atoms with Crippen LogP contribution in [0.5, 0.6) is 0 Å². The number of hydrogen-bond acceptors (Lipinski definition) is 2. The molecule has 0 aliphatic heterocycles. The molecule has 4 aromatic carbocycles. The van der Waals surface area contributed by atoms with Crippen molar-refractivity contribution < 1.29 is 26.2 Å². The quantitative estimate of drug-likeness (QED) is 0.181. The van der Waals surface area contributed by atoms with Gasteiger partial charge in [-0.2, -0.15) is 73.9 Å². The van der Waals surface area contributed by atoms with Gasteiger partial charge in [0.2, 0.25) is 0 Å². The molecule has 0 fully saturated rings. The van der Waals surface area contributed by atoms with E-state index in [1.54, 1.807) is 18.6 Å². The first kappa shape index (κ1) is 36.3. The van der Waals surface area contributed by atoms with Gasteiger partial charge in [-0.25, -0.2) is 0 Å². The standard InChI is InChI=1S/C17H22N3.3C7H7.Zr/c1-12(2)15-6-5-7-16(13(3)4)17(15)20-11-14-10-18-8-9-19-14;3*1-7-5-3-2-4-6-7;/h5-10,12-13H,11H2,1-4H3;3*2-6H,1H2;/q4*-1;+4. The molecule has 0 saturated heterocycles. The summed E-state index contributed by atoms with van der Waals surface area (Å²) >= 11 is 0. The Bertz CT molecular complexity index is 1230. The number of nitrogens with zero attached hydrogens (tertiary/aromatic N) is 3.